The van der Waals surface area contributed by atoms with E-state index in [1.807, 2.05) is 49.9 Å². The smallest absolute Gasteiger partial charge is 0.238 e. The summed E-state index contributed by atoms with van der Waals surface area (Å²) >= 11 is 0. The Balaban J connectivity index is 1.49. The van der Waals surface area contributed by atoms with Crippen LogP contribution in [0.2, 0.25) is 0 Å². The molecule has 1 aromatic carbocycles. The van der Waals surface area contributed by atoms with E-state index in [1.54, 1.807) is 13.3 Å². The van der Waals surface area contributed by atoms with Crippen molar-refractivity contribution in [3.05, 3.63) is 60.6 Å². The molecule has 0 radical (unpaired) electrons. The fourth-order valence-electron chi connectivity index (χ4n) is 3.42. The normalized spacial score (nSPS) is 17.2. The van der Waals surface area contributed by atoms with Crippen LogP contribution in [0.4, 0.5) is 0 Å². The zero-order valence-corrected chi connectivity index (χ0v) is 15.6. The largest absolute Gasteiger partial charge is 0.497 e. The first-order valence-electron chi connectivity index (χ1n) is 9.07. The number of benzene rings is 1. The zero-order chi connectivity index (χ0) is 18.6. The number of aromatic nitrogens is 4. The first-order chi connectivity index (χ1) is 13.2. The van der Waals surface area contributed by atoms with Crippen molar-refractivity contribution < 1.29 is 9.47 Å². The van der Waals surface area contributed by atoms with Crippen molar-refractivity contribution >= 4 is 0 Å². The van der Waals surface area contributed by atoms with Gasteiger partial charge in [-0.05, 0) is 43.7 Å². The summed E-state index contributed by atoms with van der Waals surface area (Å²) in [6, 6.07) is 7.66. The highest BCUT2D eigenvalue weighted by atomic mass is 16.5. The monoisotopic (exact) mass is 365 g/mol. The standard InChI is InChI=1S/C20H23N5O2/c1-24-11-9-22-19(24)14-25-10-3-4-18(25)17-12-21-13-20(23-17)27-16-7-5-15(26-2)6-8-16/h5-9,11-13,18H,3-4,10,14H2,1-2H3/t18-/m1/s1. The molecule has 1 fully saturated rings. The summed E-state index contributed by atoms with van der Waals surface area (Å²) in [6.07, 6.45) is 9.49. The molecule has 7 heteroatoms. The topological polar surface area (TPSA) is 65.3 Å². The SMILES string of the molecule is COc1ccc(Oc2cncc([C@H]3CCCN3Cc3nccn3C)n2)cc1. The van der Waals surface area contributed by atoms with Gasteiger partial charge in [0.25, 0.3) is 0 Å². The molecule has 0 unspecified atom stereocenters. The number of methoxy groups -OCH3 is 1. The van der Waals surface area contributed by atoms with Crippen molar-refractivity contribution in [3.63, 3.8) is 0 Å². The highest BCUT2D eigenvalue weighted by Crippen LogP contribution is 2.32. The van der Waals surface area contributed by atoms with E-state index in [0.717, 1.165) is 43.2 Å². The van der Waals surface area contributed by atoms with Gasteiger partial charge in [0.1, 0.15) is 17.3 Å². The fourth-order valence-corrected chi connectivity index (χ4v) is 3.42. The highest BCUT2D eigenvalue weighted by Gasteiger charge is 2.28. The van der Waals surface area contributed by atoms with E-state index < -0.39 is 0 Å². The minimum absolute atomic E-state index is 0.230. The Morgan fingerprint density at radius 1 is 1.15 bits per heavy atom. The summed E-state index contributed by atoms with van der Waals surface area (Å²) in [5.41, 5.74) is 0.938. The van der Waals surface area contributed by atoms with E-state index in [9.17, 15) is 0 Å². The molecule has 1 saturated heterocycles. The summed E-state index contributed by atoms with van der Waals surface area (Å²) in [7, 11) is 3.67. The Hall–Kier alpha value is -2.93. The Bertz CT molecular complexity index is 893. The van der Waals surface area contributed by atoms with Gasteiger partial charge in [-0.15, -0.1) is 0 Å². The Morgan fingerprint density at radius 2 is 1.96 bits per heavy atom. The van der Waals surface area contributed by atoms with Crippen LogP contribution in [0.3, 0.4) is 0 Å². The quantitative estimate of drug-likeness (QED) is 0.667. The second kappa shape index (κ2) is 7.75. The third-order valence-corrected chi connectivity index (χ3v) is 4.88. The van der Waals surface area contributed by atoms with Gasteiger partial charge in [-0.2, -0.15) is 0 Å². The van der Waals surface area contributed by atoms with Gasteiger partial charge in [0.05, 0.1) is 37.8 Å². The average Bonchev–Trinajstić information content (AvgIpc) is 3.32. The highest BCUT2D eigenvalue weighted by molar-refractivity contribution is 5.33. The van der Waals surface area contributed by atoms with Crippen molar-refractivity contribution in [1.29, 1.82) is 0 Å². The van der Waals surface area contributed by atoms with E-state index in [0.29, 0.717) is 11.6 Å². The molecule has 0 saturated carbocycles. The molecular weight excluding hydrogens is 342 g/mol. The lowest BCUT2D eigenvalue weighted by Gasteiger charge is -2.23. The van der Waals surface area contributed by atoms with Crippen LogP contribution in [-0.2, 0) is 13.6 Å². The third-order valence-electron chi connectivity index (χ3n) is 4.88. The van der Waals surface area contributed by atoms with E-state index >= 15 is 0 Å². The Morgan fingerprint density at radius 3 is 2.70 bits per heavy atom. The average molecular weight is 365 g/mol. The van der Waals surface area contributed by atoms with Crippen molar-refractivity contribution in [2.24, 2.45) is 7.05 Å². The van der Waals surface area contributed by atoms with Crippen molar-refractivity contribution in [2.45, 2.75) is 25.4 Å². The number of rotatable bonds is 6. The van der Waals surface area contributed by atoms with Gasteiger partial charge in [0, 0.05) is 19.4 Å². The number of nitrogens with zero attached hydrogens (tertiary/aromatic N) is 5. The van der Waals surface area contributed by atoms with Crippen LogP contribution in [0.5, 0.6) is 17.4 Å². The summed E-state index contributed by atoms with van der Waals surface area (Å²) in [6.45, 7) is 1.84. The molecule has 4 rings (SSSR count). The summed E-state index contributed by atoms with van der Waals surface area (Å²) in [5.74, 6) is 3.05. The number of hydrogen-bond acceptors (Lipinski definition) is 6. The molecule has 0 aliphatic carbocycles. The molecule has 1 atom stereocenters. The van der Waals surface area contributed by atoms with Crippen LogP contribution >= 0.6 is 0 Å². The molecule has 3 aromatic rings. The number of imidazole rings is 1. The van der Waals surface area contributed by atoms with Crippen molar-refractivity contribution in [3.8, 4) is 17.4 Å². The Labute approximate surface area is 158 Å². The molecule has 0 amide bonds. The predicted octanol–water partition coefficient (Wildman–Crippen LogP) is 3.35. The first-order valence-corrected chi connectivity index (χ1v) is 9.07. The van der Waals surface area contributed by atoms with Gasteiger partial charge in [-0.25, -0.2) is 9.97 Å². The maximum Gasteiger partial charge on any atom is 0.238 e. The molecule has 2 aromatic heterocycles. The minimum Gasteiger partial charge on any atom is -0.497 e. The summed E-state index contributed by atoms with van der Waals surface area (Å²) < 4.78 is 13.1. The number of aryl methyl sites for hydroxylation is 1. The lowest BCUT2D eigenvalue weighted by molar-refractivity contribution is 0.234. The van der Waals surface area contributed by atoms with Crippen LogP contribution in [0.1, 0.15) is 30.4 Å². The molecule has 1 aliphatic rings. The molecule has 0 N–H and O–H groups in total. The minimum atomic E-state index is 0.230. The van der Waals surface area contributed by atoms with E-state index in [4.69, 9.17) is 14.5 Å². The summed E-state index contributed by atoms with van der Waals surface area (Å²) in [4.78, 5) is 15.9. The molecule has 0 spiro atoms. The van der Waals surface area contributed by atoms with Crippen LogP contribution < -0.4 is 9.47 Å². The molecule has 27 heavy (non-hydrogen) atoms. The van der Waals surface area contributed by atoms with Gasteiger partial charge in [-0.3, -0.25) is 9.88 Å². The number of likely N-dealkylation sites (tertiary alicyclic amines) is 1. The maximum absolute atomic E-state index is 5.87. The van der Waals surface area contributed by atoms with Crippen molar-refractivity contribution in [1.82, 2.24) is 24.4 Å². The van der Waals surface area contributed by atoms with E-state index in [1.165, 1.54) is 0 Å². The molecule has 3 heterocycles. The van der Waals surface area contributed by atoms with Gasteiger partial charge in [0.2, 0.25) is 5.88 Å². The Kier molecular flexibility index (Phi) is 5.02. The van der Waals surface area contributed by atoms with Crippen LogP contribution in [0.15, 0.2) is 49.1 Å². The molecule has 1 aliphatic heterocycles. The fraction of sp³-hybridized carbons (Fsp3) is 0.350. The molecule has 0 bridgehead atoms. The van der Waals surface area contributed by atoms with Gasteiger partial charge >= 0.3 is 0 Å². The predicted molar refractivity (Wildman–Crippen MR) is 101 cm³/mol. The molecule has 140 valence electrons. The third kappa shape index (κ3) is 3.93. The number of ether oxygens (including phenoxy) is 2. The second-order valence-electron chi connectivity index (χ2n) is 6.64. The lowest BCUT2D eigenvalue weighted by atomic mass is 10.1. The van der Waals surface area contributed by atoms with Gasteiger partial charge in [-0.1, -0.05) is 0 Å². The van der Waals surface area contributed by atoms with Gasteiger partial charge < -0.3 is 14.0 Å². The zero-order valence-electron chi connectivity index (χ0n) is 15.6. The first kappa shape index (κ1) is 17.5. The molecular formula is C20H23N5O2. The maximum atomic E-state index is 5.87. The van der Waals surface area contributed by atoms with Crippen LogP contribution in [-0.4, -0.2) is 38.1 Å². The van der Waals surface area contributed by atoms with E-state index in [2.05, 4.69) is 19.4 Å². The second-order valence-corrected chi connectivity index (χ2v) is 6.64. The van der Waals surface area contributed by atoms with Gasteiger partial charge in [0.15, 0.2) is 0 Å². The van der Waals surface area contributed by atoms with Crippen LogP contribution in [0, 0.1) is 0 Å². The van der Waals surface area contributed by atoms with E-state index in [-0.39, 0.29) is 6.04 Å². The number of hydrogen-bond donors (Lipinski definition) is 0. The lowest BCUT2D eigenvalue weighted by Crippen LogP contribution is -2.25. The van der Waals surface area contributed by atoms with Crippen LogP contribution in [0.25, 0.3) is 0 Å². The van der Waals surface area contributed by atoms with Crippen molar-refractivity contribution in [2.75, 3.05) is 13.7 Å². The molecule has 7 nitrogen and oxygen atoms in total. The summed E-state index contributed by atoms with van der Waals surface area (Å²) in [5, 5.41) is 0.